The van der Waals surface area contributed by atoms with Crippen LogP contribution in [-0.2, 0) is 11.3 Å². The number of benzene rings is 2. The van der Waals surface area contributed by atoms with Gasteiger partial charge in [-0.1, -0.05) is 12.2 Å². The number of nitrogens with zero attached hydrogens (tertiary/aromatic N) is 6. The van der Waals surface area contributed by atoms with Crippen molar-refractivity contribution in [2.75, 3.05) is 19.2 Å². The fourth-order valence-corrected chi connectivity index (χ4v) is 4.47. The second kappa shape index (κ2) is 9.09. The van der Waals surface area contributed by atoms with Crippen LogP contribution < -0.4 is 14.5 Å². The number of hydrogen-bond acceptors (Lipinski definition) is 7. The number of hydrogen-bond donors (Lipinski definition) is 0. The Balaban J connectivity index is 1.53. The van der Waals surface area contributed by atoms with Crippen LogP contribution in [0.1, 0.15) is 25.3 Å². The minimum Gasteiger partial charge on any atom is -0.493 e. The Morgan fingerprint density at radius 1 is 0.941 bits per heavy atom. The van der Waals surface area contributed by atoms with Gasteiger partial charge in [0.2, 0.25) is 5.82 Å². The molecule has 0 spiro atoms. The van der Waals surface area contributed by atoms with Gasteiger partial charge in [0.25, 0.3) is 5.91 Å². The Morgan fingerprint density at radius 2 is 1.65 bits per heavy atom. The van der Waals surface area contributed by atoms with E-state index in [1.807, 2.05) is 49.4 Å². The highest BCUT2D eigenvalue weighted by Crippen LogP contribution is 2.38. The van der Waals surface area contributed by atoms with E-state index in [1.54, 1.807) is 14.2 Å². The minimum absolute atomic E-state index is 0.00128. The van der Waals surface area contributed by atoms with E-state index in [9.17, 15) is 4.79 Å². The van der Waals surface area contributed by atoms with Gasteiger partial charge in [0.05, 0.1) is 38.1 Å². The summed E-state index contributed by atoms with van der Waals surface area (Å²) in [6, 6.07) is 13.3. The molecule has 2 atom stereocenters. The summed E-state index contributed by atoms with van der Waals surface area (Å²) >= 11 is 0. The molecule has 1 amide bonds. The third-order valence-corrected chi connectivity index (χ3v) is 6.30. The fourth-order valence-electron chi connectivity index (χ4n) is 4.47. The lowest BCUT2D eigenvalue weighted by Crippen LogP contribution is -2.45. The second-order valence-corrected chi connectivity index (χ2v) is 8.21. The van der Waals surface area contributed by atoms with Crippen LogP contribution in [0.2, 0.25) is 0 Å². The predicted octanol–water partition coefficient (Wildman–Crippen LogP) is 3.71. The molecule has 0 saturated heterocycles. The molecule has 1 aromatic heterocycles. The summed E-state index contributed by atoms with van der Waals surface area (Å²) in [7, 11) is 3.22. The molecule has 3 aromatic rings. The number of rotatable bonds is 6. The van der Waals surface area contributed by atoms with E-state index >= 15 is 0 Å². The van der Waals surface area contributed by atoms with Crippen molar-refractivity contribution in [2.45, 2.75) is 26.3 Å². The number of hydrazone groups is 1. The second-order valence-electron chi connectivity index (χ2n) is 8.21. The number of tetrazole rings is 1. The fraction of sp³-hybridized carbons (Fsp3) is 0.320. The summed E-state index contributed by atoms with van der Waals surface area (Å²) in [5.74, 6) is 1.67. The summed E-state index contributed by atoms with van der Waals surface area (Å²) in [5, 5.41) is 18.8. The summed E-state index contributed by atoms with van der Waals surface area (Å²) in [4.78, 5) is 15.0. The lowest BCUT2D eigenvalue weighted by Gasteiger charge is -2.37. The van der Waals surface area contributed by atoms with Crippen molar-refractivity contribution in [3.8, 4) is 22.9 Å². The average Bonchev–Trinajstić information content (AvgIpc) is 3.38. The molecule has 0 saturated carbocycles. The van der Waals surface area contributed by atoms with Crippen LogP contribution in [-0.4, -0.2) is 46.0 Å². The highest BCUT2D eigenvalue weighted by molar-refractivity contribution is 6.11. The maximum absolute atomic E-state index is 13.5. The van der Waals surface area contributed by atoms with E-state index in [1.165, 1.54) is 9.81 Å². The molecule has 1 aliphatic carbocycles. The SMILES string of the molecule is CCn1nnc(-c2ccc(N3N=C(c4ccc(OC)c(OC)c4)[C@@H]4CC=CC[C@@H]4C3=O)cc2)n1. The first-order chi connectivity index (χ1) is 16.6. The van der Waals surface area contributed by atoms with Crippen LogP contribution in [0.5, 0.6) is 11.5 Å². The Bertz CT molecular complexity index is 1260. The Hall–Kier alpha value is -4.01. The van der Waals surface area contributed by atoms with Gasteiger partial charge in [-0.05, 0) is 67.4 Å². The number of allylic oxidation sites excluding steroid dienone is 2. The van der Waals surface area contributed by atoms with Crippen molar-refractivity contribution < 1.29 is 14.3 Å². The summed E-state index contributed by atoms with van der Waals surface area (Å²) in [5.41, 5.74) is 3.31. The maximum Gasteiger partial charge on any atom is 0.251 e. The number of anilines is 1. The molecule has 0 unspecified atom stereocenters. The molecule has 9 nitrogen and oxygen atoms in total. The van der Waals surface area contributed by atoms with Crippen molar-refractivity contribution in [1.82, 2.24) is 20.2 Å². The van der Waals surface area contributed by atoms with Crippen LogP contribution in [0.15, 0.2) is 59.7 Å². The van der Waals surface area contributed by atoms with Crippen LogP contribution >= 0.6 is 0 Å². The van der Waals surface area contributed by atoms with Gasteiger partial charge in [0.1, 0.15) is 0 Å². The normalized spacial score (nSPS) is 19.6. The molecule has 2 aliphatic rings. The molecule has 5 rings (SSSR count). The molecule has 174 valence electrons. The van der Waals surface area contributed by atoms with E-state index in [0.717, 1.165) is 23.3 Å². The van der Waals surface area contributed by atoms with E-state index in [0.29, 0.717) is 36.0 Å². The number of amides is 1. The number of aromatic nitrogens is 4. The smallest absolute Gasteiger partial charge is 0.251 e. The number of ether oxygens (including phenoxy) is 2. The standard InChI is InChI=1S/C25H26N6O3/c1-4-30-28-24(26-29-30)16-9-12-18(13-10-16)31-25(32)20-8-6-5-7-19(20)23(27-31)17-11-14-21(33-2)22(15-17)34-3/h5-6,9-15,19-20H,4,7-8H2,1-3H3/t19-,20+/m1/s1. The lowest BCUT2D eigenvalue weighted by atomic mass is 9.76. The van der Waals surface area contributed by atoms with E-state index in [-0.39, 0.29) is 17.7 Å². The highest BCUT2D eigenvalue weighted by atomic mass is 16.5. The monoisotopic (exact) mass is 458 g/mol. The first-order valence-corrected chi connectivity index (χ1v) is 11.3. The molecule has 2 heterocycles. The predicted molar refractivity (Wildman–Crippen MR) is 128 cm³/mol. The number of methoxy groups -OCH3 is 2. The van der Waals surface area contributed by atoms with Crippen LogP contribution in [0.25, 0.3) is 11.4 Å². The summed E-state index contributed by atoms with van der Waals surface area (Å²) in [6.07, 6.45) is 5.68. The highest BCUT2D eigenvalue weighted by Gasteiger charge is 2.40. The van der Waals surface area contributed by atoms with Gasteiger partial charge in [-0.25, -0.2) is 5.01 Å². The van der Waals surface area contributed by atoms with Crippen LogP contribution in [0.3, 0.4) is 0 Å². The van der Waals surface area contributed by atoms with Crippen molar-refractivity contribution in [3.63, 3.8) is 0 Å². The minimum atomic E-state index is -0.170. The van der Waals surface area contributed by atoms with Gasteiger partial charge >= 0.3 is 0 Å². The molecule has 0 radical (unpaired) electrons. The van der Waals surface area contributed by atoms with Gasteiger partial charge in [0.15, 0.2) is 11.5 Å². The Kier molecular flexibility index (Phi) is 5.83. The molecule has 0 bridgehead atoms. The van der Waals surface area contributed by atoms with Crippen molar-refractivity contribution in [1.29, 1.82) is 0 Å². The third-order valence-electron chi connectivity index (χ3n) is 6.30. The number of carbonyl (C=O) groups is 1. The zero-order chi connectivity index (χ0) is 23.7. The number of aryl methyl sites for hydroxylation is 1. The summed E-state index contributed by atoms with van der Waals surface area (Å²) < 4.78 is 10.9. The van der Waals surface area contributed by atoms with Crippen LogP contribution in [0, 0.1) is 11.8 Å². The van der Waals surface area contributed by atoms with Crippen molar-refractivity contribution in [2.24, 2.45) is 16.9 Å². The molecule has 34 heavy (non-hydrogen) atoms. The van der Waals surface area contributed by atoms with Crippen LogP contribution in [0.4, 0.5) is 5.69 Å². The van der Waals surface area contributed by atoms with Gasteiger partial charge in [0, 0.05) is 17.0 Å². The zero-order valence-corrected chi connectivity index (χ0v) is 19.4. The van der Waals surface area contributed by atoms with Gasteiger partial charge in [-0.2, -0.15) is 9.90 Å². The summed E-state index contributed by atoms with van der Waals surface area (Å²) in [6.45, 7) is 2.61. The Morgan fingerprint density at radius 3 is 2.32 bits per heavy atom. The van der Waals surface area contributed by atoms with Crippen molar-refractivity contribution in [3.05, 3.63) is 60.2 Å². The third kappa shape index (κ3) is 3.83. The average molecular weight is 459 g/mol. The number of carbonyl (C=O) groups excluding carboxylic acids is 1. The molecule has 9 heteroatoms. The molecular weight excluding hydrogens is 432 g/mol. The van der Waals surface area contributed by atoms with Gasteiger partial charge in [-0.15, -0.1) is 10.2 Å². The molecule has 0 fully saturated rings. The van der Waals surface area contributed by atoms with Gasteiger partial charge in [-0.3, -0.25) is 4.79 Å². The lowest BCUT2D eigenvalue weighted by molar-refractivity contribution is -0.123. The Labute approximate surface area is 197 Å². The quantitative estimate of drug-likeness (QED) is 0.523. The van der Waals surface area contributed by atoms with Gasteiger partial charge < -0.3 is 9.47 Å². The maximum atomic E-state index is 13.5. The zero-order valence-electron chi connectivity index (χ0n) is 19.4. The number of fused-ring (bicyclic) bond motifs is 1. The van der Waals surface area contributed by atoms with E-state index in [4.69, 9.17) is 14.6 Å². The molecule has 1 aliphatic heterocycles. The molecule has 2 aromatic carbocycles. The first kappa shape index (κ1) is 21.8. The van der Waals surface area contributed by atoms with E-state index < -0.39 is 0 Å². The van der Waals surface area contributed by atoms with Crippen molar-refractivity contribution >= 4 is 17.3 Å². The molecular formula is C25H26N6O3. The van der Waals surface area contributed by atoms with E-state index in [2.05, 4.69) is 27.6 Å². The topological polar surface area (TPSA) is 94.7 Å². The first-order valence-electron chi connectivity index (χ1n) is 11.3. The molecule has 0 N–H and O–H groups in total. The largest absolute Gasteiger partial charge is 0.493 e.